The minimum Gasteiger partial charge on any atom is -0.496 e. The van der Waals surface area contributed by atoms with E-state index in [1.54, 1.807) is 7.11 Å². The lowest BCUT2D eigenvalue weighted by atomic mass is 10.1. The van der Waals surface area contributed by atoms with Crippen LogP contribution in [-0.2, 0) is 25.8 Å². The molecule has 0 amide bonds. The molecule has 0 bridgehead atoms. The Labute approximate surface area is 215 Å². The summed E-state index contributed by atoms with van der Waals surface area (Å²) in [5.74, 6) is 2.96. The highest BCUT2D eigenvalue weighted by Crippen LogP contribution is 2.41. The summed E-state index contributed by atoms with van der Waals surface area (Å²) < 4.78 is 5.56. The van der Waals surface area contributed by atoms with E-state index in [4.69, 9.17) is 26.3 Å². The Morgan fingerprint density at radius 2 is 1.83 bits per heavy atom. The third-order valence-corrected chi connectivity index (χ3v) is 8.53. The Morgan fingerprint density at radius 3 is 2.63 bits per heavy atom. The molecule has 1 aliphatic heterocycles. The van der Waals surface area contributed by atoms with Gasteiger partial charge in [0.15, 0.2) is 0 Å². The number of aryl methyl sites for hydroxylation is 2. The first kappa shape index (κ1) is 22.8. The summed E-state index contributed by atoms with van der Waals surface area (Å²) in [5.41, 5.74) is 3.89. The smallest absolute Gasteiger partial charge is 0.141 e. The maximum Gasteiger partial charge on any atom is 0.141 e. The van der Waals surface area contributed by atoms with Crippen molar-refractivity contribution >= 4 is 39.0 Å². The zero-order chi connectivity index (χ0) is 23.8. The summed E-state index contributed by atoms with van der Waals surface area (Å²) in [5, 5.41) is 2.06. The van der Waals surface area contributed by atoms with Crippen LogP contribution in [0.1, 0.15) is 33.8 Å². The SMILES string of the molecule is COc1ccc(Cl)cc1CN1CCN(c2nc(Cc3ccccc3)nc3sc4c(c23)CCC4)CC1. The molecule has 1 fully saturated rings. The molecular weight excluding hydrogens is 476 g/mol. The van der Waals surface area contributed by atoms with Crippen LogP contribution in [0.3, 0.4) is 0 Å². The van der Waals surface area contributed by atoms with E-state index in [0.717, 1.165) is 78.4 Å². The molecule has 4 aromatic rings. The van der Waals surface area contributed by atoms with Gasteiger partial charge in [-0.25, -0.2) is 9.97 Å². The highest BCUT2D eigenvalue weighted by Gasteiger charge is 2.27. The van der Waals surface area contributed by atoms with Gasteiger partial charge in [-0.05, 0) is 48.6 Å². The summed E-state index contributed by atoms with van der Waals surface area (Å²) in [4.78, 5) is 17.9. The number of hydrogen-bond acceptors (Lipinski definition) is 6. The quantitative estimate of drug-likeness (QED) is 0.334. The van der Waals surface area contributed by atoms with Gasteiger partial charge in [-0.3, -0.25) is 4.90 Å². The molecule has 6 rings (SSSR count). The van der Waals surface area contributed by atoms with Gasteiger partial charge in [0.2, 0.25) is 0 Å². The Morgan fingerprint density at radius 1 is 1.00 bits per heavy atom. The summed E-state index contributed by atoms with van der Waals surface area (Å²) in [6.07, 6.45) is 4.34. The van der Waals surface area contributed by atoms with Crippen molar-refractivity contribution in [2.24, 2.45) is 0 Å². The van der Waals surface area contributed by atoms with Crippen LogP contribution in [0.5, 0.6) is 5.75 Å². The zero-order valence-corrected chi connectivity index (χ0v) is 21.5. The number of methoxy groups -OCH3 is 1. The van der Waals surface area contributed by atoms with Crippen LogP contribution in [0.25, 0.3) is 10.2 Å². The molecule has 0 unspecified atom stereocenters. The molecule has 7 heteroatoms. The van der Waals surface area contributed by atoms with Crippen LogP contribution in [0.4, 0.5) is 5.82 Å². The number of rotatable bonds is 6. The Bertz CT molecular complexity index is 1350. The Balaban J connectivity index is 1.26. The molecular formula is C28H29ClN4OS. The molecule has 2 aliphatic rings. The minimum absolute atomic E-state index is 0.750. The maximum absolute atomic E-state index is 6.26. The van der Waals surface area contributed by atoms with Crippen LogP contribution in [0.15, 0.2) is 48.5 Å². The van der Waals surface area contributed by atoms with Crippen molar-refractivity contribution in [3.8, 4) is 5.75 Å². The van der Waals surface area contributed by atoms with Crippen molar-refractivity contribution in [3.05, 3.63) is 80.9 Å². The second-order valence-electron chi connectivity index (χ2n) is 9.38. The average Bonchev–Trinajstić information content (AvgIpc) is 3.46. The van der Waals surface area contributed by atoms with Gasteiger partial charge in [0.05, 0.1) is 12.5 Å². The number of anilines is 1. The fraction of sp³-hybridized carbons (Fsp3) is 0.357. The van der Waals surface area contributed by atoms with Crippen molar-refractivity contribution in [1.29, 1.82) is 0 Å². The largest absolute Gasteiger partial charge is 0.496 e. The lowest BCUT2D eigenvalue weighted by Gasteiger charge is -2.36. The third-order valence-electron chi connectivity index (χ3n) is 7.11. The summed E-state index contributed by atoms with van der Waals surface area (Å²) in [6.45, 7) is 4.68. The number of ether oxygens (including phenoxy) is 1. The van der Waals surface area contributed by atoms with E-state index in [9.17, 15) is 0 Å². The molecule has 180 valence electrons. The van der Waals surface area contributed by atoms with E-state index in [-0.39, 0.29) is 0 Å². The average molecular weight is 505 g/mol. The standard InChI is InChI=1S/C28H29ClN4OS/c1-34-23-11-10-21(29)17-20(23)18-32-12-14-33(15-13-32)27-26-22-8-5-9-24(22)35-28(26)31-25(30-27)16-19-6-3-2-4-7-19/h2-4,6-7,10-11,17H,5,8-9,12-16,18H2,1H3. The van der Waals surface area contributed by atoms with Crippen molar-refractivity contribution in [3.63, 3.8) is 0 Å². The molecule has 2 aromatic heterocycles. The van der Waals surface area contributed by atoms with Crippen molar-refractivity contribution in [1.82, 2.24) is 14.9 Å². The molecule has 35 heavy (non-hydrogen) atoms. The Hall–Kier alpha value is -2.67. The van der Waals surface area contributed by atoms with Crippen LogP contribution in [0.2, 0.25) is 5.02 Å². The molecule has 0 saturated carbocycles. The molecule has 0 radical (unpaired) electrons. The lowest BCUT2D eigenvalue weighted by molar-refractivity contribution is 0.245. The highest BCUT2D eigenvalue weighted by molar-refractivity contribution is 7.19. The minimum atomic E-state index is 0.750. The summed E-state index contributed by atoms with van der Waals surface area (Å²) in [7, 11) is 1.72. The van der Waals surface area contributed by atoms with Crippen LogP contribution in [-0.4, -0.2) is 48.2 Å². The highest BCUT2D eigenvalue weighted by atomic mass is 35.5. The van der Waals surface area contributed by atoms with E-state index >= 15 is 0 Å². The second-order valence-corrected chi connectivity index (χ2v) is 10.9. The van der Waals surface area contributed by atoms with Gasteiger partial charge in [-0.1, -0.05) is 41.9 Å². The number of benzene rings is 2. The van der Waals surface area contributed by atoms with Gasteiger partial charge < -0.3 is 9.64 Å². The molecule has 0 N–H and O–H groups in total. The summed E-state index contributed by atoms with van der Waals surface area (Å²) in [6, 6.07) is 16.4. The fourth-order valence-electron chi connectivity index (χ4n) is 5.34. The van der Waals surface area contributed by atoms with E-state index in [1.165, 1.54) is 34.2 Å². The monoisotopic (exact) mass is 504 g/mol. The van der Waals surface area contributed by atoms with E-state index in [0.29, 0.717) is 0 Å². The van der Waals surface area contributed by atoms with E-state index in [1.807, 2.05) is 29.5 Å². The normalized spacial score (nSPS) is 16.1. The number of fused-ring (bicyclic) bond motifs is 3. The first-order valence-electron chi connectivity index (χ1n) is 12.3. The van der Waals surface area contributed by atoms with Gasteiger partial charge in [-0.15, -0.1) is 11.3 Å². The Kier molecular flexibility index (Phi) is 6.35. The number of aromatic nitrogens is 2. The molecule has 3 heterocycles. The second kappa shape index (κ2) is 9.76. The van der Waals surface area contributed by atoms with Crippen LogP contribution < -0.4 is 9.64 Å². The van der Waals surface area contributed by atoms with Gasteiger partial charge in [-0.2, -0.15) is 0 Å². The third kappa shape index (κ3) is 4.63. The molecule has 2 aromatic carbocycles. The van der Waals surface area contributed by atoms with Crippen LogP contribution >= 0.6 is 22.9 Å². The number of halogens is 1. The van der Waals surface area contributed by atoms with Crippen molar-refractivity contribution in [2.45, 2.75) is 32.2 Å². The molecule has 1 saturated heterocycles. The number of hydrogen-bond donors (Lipinski definition) is 0. The van der Waals surface area contributed by atoms with E-state index in [2.05, 4.69) is 40.1 Å². The lowest BCUT2D eigenvalue weighted by Crippen LogP contribution is -2.46. The predicted octanol–water partition coefficient (Wildman–Crippen LogP) is 5.76. The molecule has 1 aliphatic carbocycles. The van der Waals surface area contributed by atoms with Crippen molar-refractivity contribution in [2.75, 3.05) is 38.2 Å². The first-order valence-corrected chi connectivity index (χ1v) is 13.5. The topological polar surface area (TPSA) is 41.5 Å². The predicted molar refractivity (Wildman–Crippen MR) is 144 cm³/mol. The van der Waals surface area contributed by atoms with Gasteiger partial charge >= 0.3 is 0 Å². The molecule has 5 nitrogen and oxygen atoms in total. The van der Waals surface area contributed by atoms with E-state index < -0.39 is 0 Å². The summed E-state index contributed by atoms with van der Waals surface area (Å²) >= 11 is 8.15. The molecule has 0 spiro atoms. The molecule has 0 atom stereocenters. The van der Waals surface area contributed by atoms with Gasteiger partial charge in [0.1, 0.15) is 22.2 Å². The van der Waals surface area contributed by atoms with Crippen LogP contribution in [0, 0.1) is 0 Å². The number of thiophene rings is 1. The number of nitrogens with zero attached hydrogens (tertiary/aromatic N) is 4. The van der Waals surface area contributed by atoms with Gasteiger partial charge in [0.25, 0.3) is 0 Å². The first-order chi connectivity index (χ1) is 17.2. The maximum atomic E-state index is 6.26. The fourth-order valence-corrected chi connectivity index (χ4v) is 6.80. The van der Waals surface area contributed by atoms with Gasteiger partial charge in [0, 0.05) is 54.6 Å². The zero-order valence-electron chi connectivity index (χ0n) is 20.0. The number of piperazine rings is 1. The van der Waals surface area contributed by atoms with Crippen molar-refractivity contribution < 1.29 is 4.74 Å².